The van der Waals surface area contributed by atoms with Crippen LogP contribution in [0.5, 0.6) is 0 Å². The lowest BCUT2D eigenvalue weighted by Crippen LogP contribution is -2.29. The van der Waals surface area contributed by atoms with Gasteiger partial charge < -0.3 is 15.3 Å². The van der Waals surface area contributed by atoms with Crippen molar-refractivity contribution in [3.63, 3.8) is 0 Å². The minimum absolute atomic E-state index is 0.278. The average molecular weight is 334 g/mol. The van der Waals surface area contributed by atoms with Gasteiger partial charge in [0.25, 0.3) is 0 Å². The van der Waals surface area contributed by atoms with Crippen LogP contribution in [-0.2, 0) is 0 Å². The summed E-state index contributed by atoms with van der Waals surface area (Å²) in [5, 5.41) is 4.16. The predicted molar refractivity (Wildman–Crippen MR) is 95.3 cm³/mol. The molecule has 0 fully saturated rings. The summed E-state index contributed by atoms with van der Waals surface area (Å²) in [6.45, 7) is 3.70. The highest BCUT2D eigenvalue weighted by Gasteiger charge is 2.10. The molecule has 0 aliphatic heterocycles. The standard InChI is InChI=1S/C17H14N6O2/c1-8-6-12-10(4-3-5-18-12)7-11(8)20-17-19-9(2)13-14(23-17)22-16(25)15(24)21-13/h3-7H,1-2H3,(H,21,24)(H2,19,20,22,23,25). The topological polar surface area (TPSA) is 116 Å². The normalized spacial score (nSPS) is 11.1. The van der Waals surface area contributed by atoms with Gasteiger partial charge >= 0.3 is 11.1 Å². The van der Waals surface area contributed by atoms with Crippen molar-refractivity contribution in [3.8, 4) is 0 Å². The van der Waals surface area contributed by atoms with Crippen molar-refractivity contribution < 1.29 is 0 Å². The zero-order chi connectivity index (χ0) is 17.6. The summed E-state index contributed by atoms with van der Waals surface area (Å²) in [6.07, 6.45) is 1.75. The smallest absolute Gasteiger partial charge is 0.315 e. The molecule has 0 amide bonds. The third kappa shape index (κ3) is 2.63. The molecule has 4 rings (SSSR count). The van der Waals surface area contributed by atoms with E-state index in [9.17, 15) is 9.59 Å². The summed E-state index contributed by atoms with van der Waals surface area (Å²) in [5.74, 6) is 0.332. The van der Waals surface area contributed by atoms with E-state index in [0.717, 1.165) is 22.2 Å². The average Bonchev–Trinajstić information content (AvgIpc) is 2.57. The van der Waals surface area contributed by atoms with Crippen molar-refractivity contribution in [1.29, 1.82) is 0 Å². The highest BCUT2D eigenvalue weighted by Crippen LogP contribution is 2.24. The number of nitrogens with one attached hydrogen (secondary N) is 3. The molecule has 0 aliphatic carbocycles. The van der Waals surface area contributed by atoms with E-state index in [1.54, 1.807) is 13.1 Å². The van der Waals surface area contributed by atoms with Gasteiger partial charge in [-0.15, -0.1) is 0 Å². The molecule has 0 radical (unpaired) electrons. The van der Waals surface area contributed by atoms with Crippen LogP contribution >= 0.6 is 0 Å². The Labute approximate surface area is 141 Å². The van der Waals surface area contributed by atoms with Crippen LogP contribution in [0.2, 0.25) is 0 Å². The molecule has 0 bridgehead atoms. The van der Waals surface area contributed by atoms with Crippen LogP contribution in [0.25, 0.3) is 22.1 Å². The number of aryl methyl sites for hydroxylation is 2. The molecule has 124 valence electrons. The number of pyridine rings is 1. The number of benzene rings is 1. The molecule has 0 saturated carbocycles. The van der Waals surface area contributed by atoms with Crippen LogP contribution < -0.4 is 16.4 Å². The van der Waals surface area contributed by atoms with Crippen LogP contribution in [0.15, 0.2) is 40.1 Å². The molecule has 1 aromatic carbocycles. The highest BCUT2D eigenvalue weighted by atomic mass is 16.2. The Balaban J connectivity index is 1.83. The first kappa shape index (κ1) is 15.0. The summed E-state index contributed by atoms with van der Waals surface area (Å²) in [7, 11) is 0. The van der Waals surface area contributed by atoms with E-state index in [1.807, 2.05) is 31.2 Å². The van der Waals surface area contributed by atoms with Crippen molar-refractivity contribution >= 4 is 33.7 Å². The van der Waals surface area contributed by atoms with Gasteiger partial charge in [-0.2, -0.15) is 4.98 Å². The molecule has 8 heteroatoms. The summed E-state index contributed by atoms with van der Waals surface area (Å²) < 4.78 is 0. The summed E-state index contributed by atoms with van der Waals surface area (Å²) in [5.41, 5.74) is 2.51. The lowest BCUT2D eigenvalue weighted by atomic mass is 10.1. The van der Waals surface area contributed by atoms with E-state index < -0.39 is 11.1 Å². The van der Waals surface area contributed by atoms with E-state index in [-0.39, 0.29) is 5.65 Å². The summed E-state index contributed by atoms with van der Waals surface area (Å²) in [4.78, 5) is 40.9. The number of aromatic amines is 2. The zero-order valence-corrected chi connectivity index (χ0v) is 13.5. The van der Waals surface area contributed by atoms with Crippen molar-refractivity contribution in [2.75, 3.05) is 5.32 Å². The van der Waals surface area contributed by atoms with Gasteiger partial charge in [0.05, 0.1) is 11.2 Å². The van der Waals surface area contributed by atoms with Gasteiger partial charge in [-0.25, -0.2) is 4.98 Å². The lowest BCUT2D eigenvalue weighted by molar-refractivity contribution is 1.06. The van der Waals surface area contributed by atoms with Crippen molar-refractivity contribution in [3.05, 3.63) is 62.4 Å². The molecule has 3 N–H and O–H groups in total. The fraction of sp³-hybridized carbons (Fsp3) is 0.118. The molecule has 25 heavy (non-hydrogen) atoms. The van der Waals surface area contributed by atoms with Crippen molar-refractivity contribution in [1.82, 2.24) is 24.9 Å². The minimum atomic E-state index is -0.746. The maximum absolute atomic E-state index is 11.5. The van der Waals surface area contributed by atoms with E-state index in [4.69, 9.17) is 0 Å². The van der Waals surface area contributed by atoms with Crippen molar-refractivity contribution in [2.45, 2.75) is 13.8 Å². The van der Waals surface area contributed by atoms with Crippen LogP contribution in [-0.4, -0.2) is 24.9 Å². The monoisotopic (exact) mass is 334 g/mol. The summed E-state index contributed by atoms with van der Waals surface area (Å²) >= 11 is 0. The molecule has 0 saturated heterocycles. The third-order valence-electron chi connectivity index (χ3n) is 3.96. The number of nitrogens with zero attached hydrogens (tertiary/aromatic N) is 3. The van der Waals surface area contributed by atoms with Gasteiger partial charge in [-0.05, 0) is 37.6 Å². The molecule has 0 atom stereocenters. The quantitative estimate of drug-likeness (QED) is 0.482. The van der Waals surface area contributed by atoms with Crippen LogP contribution in [0.4, 0.5) is 11.6 Å². The second-order valence-corrected chi connectivity index (χ2v) is 5.75. The number of anilines is 2. The summed E-state index contributed by atoms with van der Waals surface area (Å²) in [6, 6.07) is 7.79. The Morgan fingerprint density at radius 2 is 1.84 bits per heavy atom. The van der Waals surface area contributed by atoms with Gasteiger partial charge in [0, 0.05) is 17.3 Å². The van der Waals surface area contributed by atoms with Gasteiger partial charge in [0.2, 0.25) is 5.95 Å². The number of rotatable bonds is 2. The molecule has 4 aromatic rings. The van der Waals surface area contributed by atoms with Crippen LogP contribution in [0.3, 0.4) is 0 Å². The molecule has 0 spiro atoms. The lowest BCUT2D eigenvalue weighted by Gasteiger charge is -2.11. The first-order valence-electron chi connectivity index (χ1n) is 7.64. The van der Waals surface area contributed by atoms with Crippen LogP contribution in [0.1, 0.15) is 11.3 Å². The van der Waals surface area contributed by atoms with E-state index in [0.29, 0.717) is 17.2 Å². The predicted octanol–water partition coefficient (Wildman–Crippen LogP) is 1.92. The van der Waals surface area contributed by atoms with Gasteiger partial charge in [0.1, 0.15) is 5.52 Å². The third-order valence-corrected chi connectivity index (χ3v) is 3.96. The minimum Gasteiger partial charge on any atom is -0.324 e. The number of hydrogen-bond donors (Lipinski definition) is 3. The number of aromatic nitrogens is 5. The molecule has 3 aromatic heterocycles. The molecular weight excluding hydrogens is 320 g/mol. The fourth-order valence-electron chi connectivity index (χ4n) is 2.68. The number of fused-ring (bicyclic) bond motifs is 2. The second kappa shape index (κ2) is 5.52. The first-order chi connectivity index (χ1) is 12.0. The van der Waals surface area contributed by atoms with Gasteiger partial charge in [-0.1, -0.05) is 6.07 Å². The molecular formula is C17H14N6O2. The van der Waals surface area contributed by atoms with E-state index >= 15 is 0 Å². The van der Waals surface area contributed by atoms with Gasteiger partial charge in [-0.3, -0.25) is 14.6 Å². The fourth-order valence-corrected chi connectivity index (χ4v) is 2.68. The van der Waals surface area contributed by atoms with Crippen molar-refractivity contribution in [2.24, 2.45) is 0 Å². The van der Waals surface area contributed by atoms with Gasteiger partial charge in [0.15, 0.2) is 5.65 Å². The second-order valence-electron chi connectivity index (χ2n) is 5.75. The Kier molecular flexibility index (Phi) is 3.31. The van der Waals surface area contributed by atoms with E-state index in [2.05, 4.69) is 30.2 Å². The maximum Gasteiger partial charge on any atom is 0.315 e. The molecule has 3 heterocycles. The Hall–Kier alpha value is -3.55. The zero-order valence-electron chi connectivity index (χ0n) is 13.5. The SMILES string of the molecule is Cc1cc2ncccc2cc1Nc1nc(C)c2[nH]c(=O)c(=O)[nH]c2n1. The first-order valence-corrected chi connectivity index (χ1v) is 7.64. The number of hydrogen-bond acceptors (Lipinski definition) is 6. The Morgan fingerprint density at radius 1 is 1.04 bits per heavy atom. The van der Waals surface area contributed by atoms with Crippen LogP contribution in [0, 0.1) is 13.8 Å². The largest absolute Gasteiger partial charge is 0.324 e. The maximum atomic E-state index is 11.5. The highest BCUT2D eigenvalue weighted by molar-refractivity contribution is 5.85. The molecule has 8 nitrogen and oxygen atoms in total. The number of H-pyrrole nitrogens is 2. The molecule has 0 aliphatic rings. The Morgan fingerprint density at radius 3 is 2.68 bits per heavy atom. The Bertz CT molecular complexity index is 1240. The van der Waals surface area contributed by atoms with E-state index in [1.165, 1.54) is 0 Å². The molecule has 0 unspecified atom stereocenters.